The van der Waals surface area contributed by atoms with E-state index in [0.717, 1.165) is 22.2 Å². The lowest BCUT2D eigenvalue weighted by molar-refractivity contribution is -0.117. The van der Waals surface area contributed by atoms with Gasteiger partial charge in [0.25, 0.3) is 5.56 Å². The molecule has 0 atom stereocenters. The largest absolute Gasteiger partial charge is 0.326 e. The number of aromatic nitrogens is 2. The maximum absolute atomic E-state index is 12.4. The number of amides is 2. The zero-order valence-electron chi connectivity index (χ0n) is 17.2. The van der Waals surface area contributed by atoms with Gasteiger partial charge in [-0.1, -0.05) is 31.2 Å². The third kappa shape index (κ3) is 5.20. The summed E-state index contributed by atoms with van der Waals surface area (Å²) >= 11 is 0. The number of hydrogen-bond acceptors (Lipinski definition) is 4. The molecule has 0 aliphatic carbocycles. The van der Waals surface area contributed by atoms with Gasteiger partial charge in [-0.3, -0.25) is 14.4 Å². The van der Waals surface area contributed by atoms with Gasteiger partial charge in [0.15, 0.2) is 0 Å². The topological polar surface area (TPSA) is 93.1 Å². The predicted octanol–water partition coefficient (Wildman–Crippen LogP) is 3.38. The first kappa shape index (κ1) is 21.0. The van der Waals surface area contributed by atoms with Crippen LogP contribution in [0.5, 0.6) is 0 Å². The molecule has 0 bridgehead atoms. The molecule has 0 saturated carbocycles. The molecule has 0 aliphatic rings. The normalized spacial score (nSPS) is 10.5. The van der Waals surface area contributed by atoms with Crippen molar-refractivity contribution in [3.63, 3.8) is 0 Å². The van der Waals surface area contributed by atoms with Crippen LogP contribution in [-0.4, -0.2) is 21.6 Å². The van der Waals surface area contributed by atoms with Gasteiger partial charge < -0.3 is 10.6 Å². The molecule has 2 aromatic carbocycles. The van der Waals surface area contributed by atoms with Crippen LogP contribution in [0, 0.1) is 6.92 Å². The Labute approximate surface area is 174 Å². The summed E-state index contributed by atoms with van der Waals surface area (Å²) < 4.78 is 1.13. The van der Waals surface area contributed by atoms with Gasteiger partial charge in [-0.15, -0.1) is 0 Å². The highest BCUT2D eigenvalue weighted by Gasteiger charge is 2.10. The Bertz CT molecular complexity index is 1130. The molecular weight excluding hydrogens is 380 g/mol. The maximum atomic E-state index is 12.4. The second-order valence-corrected chi connectivity index (χ2v) is 7.02. The summed E-state index contributed by atoms with van der Waals surface area (Å²) in [6, 6.07) is 16.1. The van der Waals surface area contributed by atoms with E-state index in [0.29, 0.717) is 17.1 Å². The summed E-state index contributed by atoms with van der Waals surface area (Å²) in [5.41, 5.74) is 4.32. The number of rotatable bonds is 6. The molecule has 0 aliphatic heterocycles. The first-order valence-electron chi connectivity index (χ1n) is 9.71. The van der Waals surface area contributed by atoms with Crippen LogP contribution in [0.4, 0.5) is 11.4 Å². The number of benzene rings is 2. The molecule has 0 unspecified atom stereocenters. The number of anilines is 2. The van der Waals surface area contributed by atoms with Crippen molar-refractivity contribution >= 4 is 23.2 Å². The van der Waals surface area contributed by atoms with Gasteiger partial charge in [0.05, 0.1) is 5.69 Å². The van der Waals surface area contributed by atoms with Crippen LogP contribution in [0.2, 0.25) is 0 Å². The third-order valence-corrected chi connectivity index (χ3v) is 4.65. The van der Waals surface area contributed by atoms with Crippen molar-refractivity contribution in [2.75, 3.05) is 10.6 Å². The van der Waals surface area contributed by atoms with Crippen LogP contribution >= 0.6 is 0 Å². The van der Waals surface area contributed by atoms with Crippen molar-refractivity contribution in [2.45, 2.75) is 33.7 Å². The first-order valence-corrected chi connectivity index (χ1v) is 9.71. The predicted molar refractivity (Wildman–Crippen MR) is 117 cm³/mol. The number of nitrogens with one attached hydrogen (secondary N) is 2. The van der Waals surface area contributed by atoms with E-state index in [4.69, 9.17) is 0 Å². The minimum absolute atomic E-state index is 0.170. The van der Waals surface area contributed by atoms with Crippen LogP contribution in [-0.2, 0) is 22.6 Å². The second-order valence-electron chi connectivity index (χ2n) is 7.02. The molecule has 154 valence electrons. The van der Waals surface area contributed by atoms with Crippen molar-refractivity contribution in [1.82, 2.24) is 9.78 Å². The van der Waals surface area contributed by atoms with Crippen molar-refractivity contribution in [2.24, 2.45) is 0 Å². The van der Waals surface area contributed by atoms with Gasteiger partial charge in [0.1, 0.15) is 6.54 Å². The average Bonchev–Trinajstić information content (AvgIpc) is 2.71. The van der Waals surface area contributed by atoms with E-state index < -0.39 is 0 Å². The van der Waals surface area contributed by atoms with Crippen LogP contribution in [0.3, 0.4) is 0 Å². The zero-order valence-corrected chi connectivity index (χ0v) is 17.2. The van der Waals surface area contributed by atoms with E-state index in [1.807, 2.05) is 43.3 Å². The maximum Gasteiger partial charge on any atom is 0.267 e. The molecule has 0 spiro atoms. The summed E-state index contributed by atoms with van der Waals surface area (Å²) in [6.07, 6.45) is 0.920. The molecule has 2 amide bonds. The van der Waals surface area contributed by atoms with Gasteiger partial charge >= 0.3 is 0 Å². The molecule has 1 heterocycles. The quantitative estimate of drug-likeness (QED) is 0.659. The smallest absolute Gasteiger partial charge is 0.267 e. The first-order chi connectivity index (χ1) is 14.4. The number of hydrogen-bond donors (Lipinski definition) is 2. The number of carbonyl (C=O) groups is 2. The minimum atomic E-state index is -0.371. The molecule has 0 fully saturated rings. The SMILES string of the molecule is CCc1ccc(NC(=O)Cn2nc(-c3ccc(C)c(NC(C)=O)c3)ccc2=O)cc1. The fourth-order valence-electron chi connectivity index (χ4n) is 2.98. The highest BCUT2D eigenvalue weighted by Crippen LogP contribution is 2.23. The summed E-state index contributed by atoms with van der Waals surface area (Å²) in [5.74, 6) is -0.509. The van der Waals surface area contributed by atoms with Gasteiger partial charge in [-0.25, -0.2) is 4.68 Å². The Morgan fingerprint density at radius 2 is 1.73 bits per heavy atom. The van der Waals surface area contributed by atoms with Crippen LogP contribution in [0.25, 0.3) is 11.3 Å². The molecule has 2 N–H and O–H groups in total. The monoisotopic (exact) mass is 404 g/mol. The van der Waals surface area contributed by atoms with Gasteiger partial charge in [0, 0.05) is 29.9 Å². The van der Waals surface area contributed by atoms with E-state index in [9.17, 15) is 14.4 Å². The van der Waals surface area contributed by atoms with E-state index in [2.05, 4.69) is 22.7 Å². The van der Waals surface area contributed by atoms with Crippen LogP contribution in [0.15, 0.2) is 59.4 Å². The van der Waals surface area contributed by atoms with E-state index in [1.54, 1.807) is 12.1 Å². The summed E-state index contributed by atoms with van der Waals surface area (Å²) in [5, 5.41) is 9.89. The Morgan fingerprint density at radius 3 is 2.40 bits per heavy atom. The Morgan fingerprint density at radius 1 is 1.00 bits per heavy atom. The van der Waals surface area contributed by atoms with Crippen molar-refractivity contribution < 1.29 is 9.59 Å². The second kappa shape index (κ2) is 9.17. The number of nitrogens with zero attached hydrogens (tertiary/aromatic N) is 2. The van der Waals surface area contributed by atoms with Crippen molar-refractivity contribution in [1.29, 1.82) is 0 Å². The van der Waals surface area contributed by atoms with Gasteiger partial charge in [-0.05, 0) is 48.7 Å². The molecule has 3 rings (SSSR count). The fraction of sp³-hybridized carbons (Fsp3) is 0.217. The molecule has 0 radical (unpaired) electrons. The highest BCUT2D eigenvalue weighted by atomic mass is 16.2. The summed E-state index contributed by atoms with van der Waals surface area (Å²) in [4.78, 5) is 36.0. The number of aryl methyl sites for hydroxylation is 2. The van der Waals surface area contributed by atoms with Crippen LogP contribution in [0.1, 0.15) is 25.0 Å². The minimum Gasteiger partial charge on any atom is -0.326 e. The molecule has 1 aromatic heterocycles. The van der Waals surface area contributed by atoms with Gasteiger partial charge in [0.2, 0.25) is 11.8 Å². The molecule has 7 heteroatoms. The van der Waals surface area contributed by atoms with E-state index in [1.165, 1.54) is 18.6 Å². The molecule has 7 nitrogen and oxygen atoms in total. The standard InChI is InChI=1S/C23H24N4O3/c1-4-17-6-9-19(10-7-17)25-22(29)14-27-23(30)12-11-20(26-27)18-8-5-15(2)21(13-18)24-16(3)28/h5-13H,4,14H2,1-3H3,(H,24,28)(H,25,29). The van der Waals surface area contributed by atoms with Gasteiger partial charge in [-0.2, -0.15) is 5.10 Å². The average molecular weight is 404 g/mol. The summed E-state index contributed by atoms with van der Waals surface area (Å²) in [7, 11) is 0. The fourth-order valence-corrected chi connectivity index (χ4v) is 2.98. The van der Waals surface area contributed by atoms with E-state index >= 15 is 0 Å². The zero-order chi connectivity index (χ0) is 21.7. The van der Waals surface area contributed by atoms with Crippen molar-refractivity contribution in [3.8, 4) is 11.3 Å². The Kier molecular flexibility index (Phi) is 6.41. The Balaban J connectivity index is 1.80. The lowest BCUT2D eigenvalue weighted by Gasteiger charge is -2.11. The van der Waals surface area contributed by atoms with Crippen molar-refractivity contribution in [3.05, 3.63) is 76.1 Å². The number of carbonyl (C=O) groups excluding carboxylic acids is 2. The molecular formula is C23H24N4O3. The summed E-state index contributed by atoms with van der Waals surface area (Å²) in [6.45, 7) is 5.19. The lowest BCUT2D eigenvalue weighted by atomic mass is 10.1. The molecule has 3 aromatic rings. The lowest BCUT2D eigenvalue weighted by Crippen LogP contribution is -2.29. The highest BCUT2D eigenvalue weighted by molar-refractivity contribution is 5.91. The third-order valence-electron chi connectivity index (χ3n) is 4.65. The Hall–Kier alpha value is -3.74. The van der Waals surface area contributed by atoms with E-state index in [-0.39, 0.29) is 23.9 Å². The molecule has 30 heavy (non-hydrogen) atoms. The molecule has 0 saturated heterocycles. The van der Waals surface area contributed by atoms with Crippen LogP contribution < -0.4 is 16.2 Å².